The largest absolute Gasteiger partial charge is 0.496 e. The summed E-state index contributed by atoms with van der Waals surface area (Å²) in [5, 5.41) is 14.5. The second-order valence-electron chi connectivity index (χ2n) is 4.62. The summed E-state index contributed by atoms with van der Waals surface area (Å²) >= 11 is 0. The molecule has 3 rings (SSSR count). The van der Waals surface area contributed by atoms with Crippen molar-refractivity contribution < 1.29 is 9.53 Å². The summed E-state index contributed by atoms with van der Waals surface area (Å²) in [4.78, 5) is 11.9. The lowest BCUT2D eigenvalue weighted by atomic mass is 9.94. The number of rotatable bonds is 3. The quantitative estimate of drug-likeness (QED) is 0.848. The van der Waals surface area contributed by atoms with Gasteiger partial charge in [-0.05, 0) is 23.4 Å². The van der Waals surface area contributed by atoms with Crippen LogP contribution in [0, 0.1) is 0 Å². The summed E-state index contributed by atoms with van der Waals surface area (Å²) in [6.45, 7) is 1.76. The molecule has 1 amide bonds. The first-order chi connectivity index (χ1) is 10.1. The van der Waals surface area contributed by atoms with Crippen LogP contribution in [-0.4, -0.2) is 33.2 Å². The number of benzene rings is 1. The molecule has 1 atom stereocenters. The van der Waals surface area contributed by atoms with E-state index >= 15 is 0 Å². The van der Waals surface area contributed by atoms with Crippen molar-refractivity contribution >= 4 is 11.9 Å². The molecule has 0 radical (unpaired) electrons. The lowest BCUT2D eigenvalue weighted by Gasteiger charge is -2.27. The monoisotopic (exact) mass is 286 g/mol. The smallest absolute Gasteiger partial charge is 0.248 e. The van der Waals surface area contributed by atoms with Gasteiger partial charge in [0, 0.05) is 11.3 Å². The molecule has 0 aliphatic carbocycles. The van der Waals surface area contributed by atoms with Crippen LogP contribution < -0.4 is 15.8 Å². The van der Waals surface area contributed by atoms with E-state index in [1.165, 1.54) is 4.68 Å². The third kappa shape index (κ3) is 2.00. The Kier molecular flexibility index (Phi) is 3.05. The maximum absolute atomic E-state index is 11.9. The summed E-state index contributed by atoms with van der Waals surface area (Å²) in [6, 6.07) is 6.86. The average molecular weight is 286 g/mol. The number of nitrogens with one attached hydrogen (secondary N) is 1. The Hall–Kier alpha value is -2.90. The molecule has 1 aliphatic rings. The molecule has 1 aromatic heterocycles. The first-order valence-electron chi connectivity index (χ1n) is 6.32. The molecule has 1 unspecified atom stereocenters. The standard InChI is InChI=1S/C13H14N6O2/c1-7-10(12(14)20)11(19-13(15-7)16-17-18-19)8-5-3-4-6-9(8)21-2/h3-6,11H,1-2H3,(H2,14,20)(H,15,16,18). The molecule has 0 bridgehead atoms. The summed E-state index contributed by atoms with van der Waals surface area (Å²) in [5.74, 6) is 0.558. The highest BCUT2D eigenvalue weighted by molar-refractivity contribution is 5.95. The minimum absolute atomic E-state index is 0.402. The van der Waals surface area contributed by atoms with Crippen LogP contribution in [0.1, 0.15) is 18.5 Å². The van der Waals surface area contributed by atoms with Gasteiger partial charge in [-0.1, -0.05) is 23.3 Å². The van der Waals surface area contributed by atoms with E-state index in [1.807, 2.05) is 24.3 Å². The van der Waals surface area contributed by atoms with Gasteiger partial charge < -0.3 is 15.8 Å². The molecule has 1 aliphatic heterocycles. The molecule has 0 fully saturated rings. The van der Waals surface area contributed by atoms with Crippen LogP contribution in [0.15, 0.2) is 35.5 Å². The van der Waals surface area contributed by atoms with Crippen molar-refractivity contribution in [1.82, 2.24) is 20.2 Å². The van der Waals surface area contributed by atoms with E-state index in [-0.39, 0.29) is 0 Å². The van der Waals surface area contributed by atoms with E-state index in [0.717, 1.165) is 5.56 Å². The van der Waals surface area contributed by atoms with Crippen molar-refractivity contribution in [1.29, 1.82) is 0 Å². The van der Waals surface area contributed by atoms with Crippen molar-refractivity contribution in [3.05, 3.63) is 41.1 Å². The molecule has 108 valence electrons. The van der Waals surface area contributed by atoms with Gasteiger partial charge >= 0.3 is 0 Å². The van der Waals surface area contributed by atoms with Crippen LogP contribution >= 0.6 is 0 Å². The molecule has 8 nitrogen and oxygen atoms in total. The minimum atomic E-state index is -0.531. The number of ether oxygens (including phenoxy) is 1. The zero-order valence-corrected chi connectivity index (χ0v) is 11.6. The number of tetrazole rings is 1. The second kappa shape index (κ2) is 4.89. The number of aromatic nitrogens is 4. The van der Waals surface area contributed by atoms with E-state index in [1.54, 1.807) is 14.0 Å². The predicted molar refractivity (Wildman–Crippen MR) is 74.5 cm³/mol. The number of hydrogen-bond donors (Lipinski definition) is 2. The Morgan fingerprint density at radius 2 is 2.19 bits per heavy atom. The van der Waals surface area contributed by atoms with Crippen molar-refractivity contribution in [3.8, 4) is 5.75 Å². The number of nitrogens with zero attached hydrogens (tertiary/aromatic N) is 4. The Bertz CT molecular complexity index is 736. The SMILES string of the molecule is COc1ccccc1C1C(C(N)=O)=C(C)Nc2nnnn21. The first-order valence-corrected chi connectivity index (χ1v) is 6.32. The van der Waals surface area contributed by atoms with Crippen LogP contribution in [0.3, 0.4) is 0 Å². The summed E-state index contributed by atoms with van der Waals surface area (Å²) in [6.07, 6.45) is 0. The third-order valence-corrected chi connectivity index (χ3v) is 3.41. The van der Waals surface area contributed by atoms with Crippen LogP contribution in [0.5, 0.6) is 5.75 Å². The summed E-state index contributed by atoms with van der Waals surface area (Å²) in [7, 11) is 1.57. The fraction of sp³-hybridized carbons (Fsp3) is 0.231. The number of nitrogens with two attached hydrogens (primary N) is 1. The zero-order chi connectivity index (χ0) is 15.0. The Morgan fingerprint density at radius 3 is 2.90 bits per heavy atom. The predicted octanol–water partition coefficient (Wildman–Crippen LogP) is 0.456. The van der Waals surface area contributed by atoms with E-state index < -0.39 is 11.9 Å². The maximum atomic E-state index is 11.9. The second-order valence-corrected chi connectivity index (χ2v) is 4.62. The molecule has 2 aromatic rings. The highest BCUT2D eigenvalue weighted by Gasteiger charge is 2.34. The van der Waals surface area contributed by atoms with E-state index in [9.17, 15) is 4.79 Å². The van der Waals surface area contributed by atoms with Gasteiger partial charge in [0.25, 0.3) is 0 Å². The number of anilines is 1. The van der Waals surface area contributed by atoms with E-state index in [0.29, 0.717) is 23.0 Å². The fourth-order valence-corrected chi connectivity index (χ4v) is 2.51. The Balaban J connectivity index is 2.25. The van der Waals surface area contributed by atoms with Crippen molar-refractivity contribution in [2.75, 3.05) is 12.4 Å². The number of fused-ring (bicyclic) bond motifs is 1. The average Bonchev–Trinajstić information content (AvgIpc) is 2.93. The minimum Gasteiger partial charge on any atom is -0.496 e. The number of carbonyl (C=O) groups is 1. The van der Waals surface area contributed by atoms with Crippen molar-refractivity contribution in [2.24, 2.45) is 5.73 Å². The normalized spacial score (nSPS) is 17.1. The van der Waals surface area contributed by atoms with Crippen molar-refractivity contribution in [3.63, 3.8) is 0 Å². The summed E-state index contributed by atoms with van der Waals surface area (Å²) < 4.78 is 6.90. The first kappa shape index (κ1) is 13.1. The van der Waals surface area contributed by atoms with Crippen LogP contribution in [0.2, 0.25) is 0 Å². The molecular weight excluding hydrogens is 272 g/mol. The van der Waals surface area contributed by atoms with Gasteiger partial charge in [0.1, 0.15) is 11.8 Å². The zero-order valence-electron chi connectivity index (χ0n) is 11.6. The number of carbonyl (C=O) groups excluding carboxylic acids is 1. The fourth-order valence-electron chi connectivity index (χ4n) is 2.51. The number of para-hydroxylation sites is 1. The van der Waals surface area contributed by atoms with Gasteiger partial charge in [-0.2, -0.15) is 4.68 Å². The van der Waals surface area contributed by atoms with Gasteiger partial charge in [0.15, 0.2) is 0 Å². The van der Waals surface area contributed by atoms with E-state index in [4.69, 9.17) is 10.5 Å². The van der Waals surface area contributed by atoms with Crippen LogP contribution in [0.4, 0.5) is 5.95 Å². The highest BCUT2D eigenvalue weighted by Crippen LogP contribution is 2.37. The molecule has 3 N–H and O–H groups in total. The molecule has 21 heavy (non-hydrogen) atoms. The molecule has 8 heteroatoms. The van der Waals surface area contributed by atoms with Gasteiger partial charge in [-0.3, -0.25) is 4.79 Å². The highest BCUT2D eigenvalue weighted by atomic mass is 16.5. The Morgan fingerprint density at radius 1 is 1.43 bits per heavy atom. The number of allylic oxidation sites excluding steroid dienone is 1. The van der Waals surface area contributed by atoms with E-state index in [2.05, 4.69) is 20.8 Å². The molecule has 0 spiro atoms. The van der Waals surface area contributed by atoms with Crippen molar-refractivity contribution in [2.45, 2.75) is 13.0 Å². The van der Waals surface area contributed by atoms with Gasteiger partial charge in [-0.15, -0.1) is 0 Å². The van der Waals surface area contributed by atoms with Crippen LogP contribution in [0.25, 0.3) is 0 Å². The van der Waals surface area contributed by atoms with Gasteiger partial charge in [0.2, 0.25) is 11.9 Å². The molecule has 1 aromatic carbocycles. The Labute approximate surface area is 120 Å². The molecule has 2 heterocycles. The molecule has 0 saturated carbocycles. The number of hydrogen-bond acceptors (Lipinski definition) is 6. The lowest BCUT2D eigenvalue weighted by Crippen LogP contribution is -2.32. The molecule has 0 saturated heterocycles. The van der Waals surface area contributed by atoms with Crippen LogP contribution in [-0.2, 0) is 4.79 Å². The number of primary amides is 1. The van der Waals surface area contributed by atoms with Gasteiger partial charge in [-0.25, -0.2) is 0 Å². The third-order valence-electron chi connectivity index (χ3n) is 3.41. The topological polar surface area (TPSA) is 108 Å². The number of methoxy groups -OCH3 is 1. The van der Waals surface area contributed by atoms with Gasteiger partial charge in [0.05, 0.1) is 12.7 Å². The molecular formula is C13H14N6O2. The maximum Gasteiger partial charge on any atom is 0.248 e. The lowest BCUT2D eigenvalue weighted by molar-refractivity contribution is -0.115. The summed E-state index contributed by atoms with van der Waals surface area (Å²) in [5.41, 5.74) is 7.34. The number of amides is 1.